The highest BCUT2D eigenvalue weighted by molar-refractivity contribution is 9.10. The van der Waals surface area contributed by atoms with E-state index in [1.165, 1.54) is 51.8 Å². The predicted octanol–water partition coefficient (Wildman–Crippen LogP) is 7.53. The van der Waals surface area contributed by atoms with Gasteiger partial charge in [-0.1, -0.05) is 82.7 Å². The molecule has 4 aromatic rings. The zero-order valence-electron chi connectivity index (χ0n) is 18.3. The Kier molecular flexibility index (Phi) is 5.53. The summed E-state index contributed by atoms with van der Waals surface area (Å²) in [6, 6.07) is 32.3. The molecule has 0 spiro atoms. The van der Waals surface area contributed by atoms with Crippen molar-refractivity contribution in [1.82, 2.24) is 0 Å². The molecule has 1 aliphatic carbocycles. The molecule has 1 heterocycles. The minimum Gasteiger partial charge on any atom is -0.489 e. The van der Waals surface area contributed by atoms with Crippen molar-refractivity contribution in [2.45, 2.75) is 38.1 Å². The normalized spacial score (nSPS) is 18.7. The first-order valence-electron chi connectivity index (χ1n) is 11.5. The summed E-state index contributed by atoms with van der Waals surface area (Å²) in [7, 11) is 0. The molecule has 0 saturated heterocycles. The Balaban J connectivity index is 1.34. The first kappa shape index (κ1) is 20.7. The molecule has 2 aliphatic rings. The average Bonchev–Trinajstić information content (AvgIpc) is 2.84. The summed E-state index contributed by atoms with van der Waals surface area (Å²) in [6.07, 6.45) is 2.38. The van der Waals surface area contributed by atoms with Gasteiger partial charge in [-0.25, -0.2) is 0 Å². The summed E-state index contributed by atoms with van der Waals surface area (Å²) in [4.78, 5) is 0. The van der Waals surface area contributed by atoms with E-state index in [4.69, 9.17) is 9.47 Å². The van der Waals surface area contributed by atoms with Crippen LogP contribution in [0.25, 0.3) is 0 Å². The van der Waals surface area contributed by atoms with Crippen molar-refractivity contribution < 1.29 is 9.47 Å². The van der Waals surface area contributed by atoms with Crippen LogP contribution in [0, 0.1) is 0 Å². The van der Waals surface area contributed by atoms with Crippen LogP contribution in [0.1, 0.15) is 51.0 Å². The molecule has 0 saturated carbocycles. The lowest BCUT2D eigenvalue weighted by molar-refractivity contribution is 0.0146. The molecule has 6 rings (SSSR count). The Bertz CT molecular complexity index is 1280. The van der Waals surface area contributed by atoms with E-state index < -0.39 is 0 Å². The highest BCUT2D eigenvalue weighted by Crippen LogP contribution is 2.46. The van der Waals surface area contributed by atoms with Gasteiger partial charge in [-0.15, -0.1) is 0 Å². The third-order valence-electron chi connectivity index (χ3n) is 6.87. The Hall–Kier alpha value is -2.88. The molecule has 33 heavy (non-hydrogen) atoms. The van der Waals surface area contributed by atoms with E-state index in [1.54, 1.807) is 0 Å². The van der Waals surface area contributed by atoms with Gasteiger partial charge in [-0.05, 0) is 76.1 Å². The molecule has 0 N–H and O–H groups in total. The van der Waals surface area contributed by atoms with E-state index in [-0.39, 0.29) is 12.0 Å². The maximum absolute atomic E-state index is 6.56. The number of fused-ring (bicyclic) bond motifs is 2. The fourth-order valence-corrected chi connectivity index (χ4v) is 5.25. The molecule has 0 aromatic heterocycles. The highest BCUT2D eigenvalue weighted by Gasteiger charge is 2.34. The van der Waals surface area contributed by atoms with Crippen LogP contribution < -0.4 is 4.74 Å². The van der Waals surface area contributed by atoms with Crippen molar-refractivity contribution in [1.29, 1.82) is 0 Å². The van der Waals surface area contributed by atoms with Gasteiger partial charge in [0, 0.05) is 10.4 Å². The number of ether oxygens (including phenoxy) is 2. The van der Waals surface area contributed by atoms with Gasteiger partial charge < -0.3 is 9.47 Å². The smallest absolute Gasteiger partial charge is 0.120 e. The molecule has 2 unspecified atom stereocenters. The second-order valence-corrected chi connectivity index (χ2v) is 9.84. The zero-order chi connectivity index (χ0) is 22.2. The lowest BCUT2D eigenvalue weighted by atomic mass is 9.78. The summed E-state index contributed by atoms with van der Waals surface area (Å²) in [5.74, 6) is 1.03. The van der Waals surface area contributed by atoms with E-state index in [0.29, 0.717) is 13.2 Å². The van der Waals surface area contributed by atoms with Crippen LogP contribution in [0.4, 0.5) is 0 Å². The second-order valence-electron chi connectivity index (χ2n) is 8.92. The first-order chi connectivity index (χ1) is 16.2. The van der Waals surface area contributed by atoms with Crippen molar-refractivity contribution in [3.8, 4) is 5.75 Å². The zero-order valence-corrected chi connectivity index (χ0v) is 19.9. The summed E-state index contributed by atoms with van der Waals surface area (Å²) in [6.45, 7) is 1.15. The van der Waals surface area contributed by atoms with Gasteiger partial charge in [0.1, 0.15) is 12.4 Å². The Morgan fingerprint density at radius 1 is 0.758 bits per heavy atom. The largest absolute Gasteiger partial charge is 0.489 e. The first-order valence-corrected chi connectivity index (χ1v) is 12.3. The van der Waals surface area contributed by atoms with Crippen LogP contribution >= 0.6 is 15.9 Å². The average molecular weight is 497 g/mol. The van der Waals surface area contributed by atoms with Gasteiger partial charge in [-0.3, -0.25) is 0 Å². The summed E-state index contributed by atoms with van der Waals surface area (Å²) in [5, 5.41) is 0. The van der Waals surface area contributed by atoms with Crippen molar-refractivity contribution in [3.05, 3.63) is 134 Å². The minimum absolute atomic E-state index is 0.000614. The van der Waals surface area contributed by atoms with Crippen LogP contribution in [0.2, 0.25) is 0 Å². The van der Waals surface area contributed by atoms with E-state index >= 15 is 0 Å². The number of rotatable bonds is 5. The second kappa shape index (κ2) is 8.81. The number of hydrogen-bond donors (Lipinski definition) is 0. The van der Waals surface area contributed by atoms with Gasteiger partial charge >= 0.3 is 0 Å². The maximum Gasteiger partial charge on any atom is 0.120 e. The number of aryl methyl sites for hydroxylation is 2. The monoisotopic (exact) mass is 496 g/mol. The number of benzene rings is 4. The van der Waals surface area contributed by atoms with E-state index in [9.17, 15) is 0 Å². The lowest BCUT2D eigenvalue weighted by Crippen LogP contribution is -2.23. The molecule has 0 amide bonds. The third kappa shape index (κ3) is 4.12. The van der Waals surface area contributed by atoms with Crippen LogP contribution in [0.3, 0.4) is 0 Å². The summed E-state index contributed by atoms with van der Waals surface area (Å²) >= 11 is 3.58. The van der Waals surface area contributed by atoms with Gasteiger partial charge in [0.15, 0.2) is 0 Å². The lowest BCUT2D eigenvalue weighted by Gasteiger charge is -2.35. The van der Waals surface area contributed by atoms with E-state index in [0.717, 1.165) is 10.2 Å². The van der Waals surface area contributed by atoms with Crippen molar-refractivity contribution >= 4 is 15.9 Å². The van der Waals surface area contributed by atoms with Crippen LogP contribution in [-0.2, 0) is 30.8 Å². The number of hydrogen-bond acceptors (Lipinski definition) is 2. The molecule has 0 fully saturated rings. The van der Waals surface area contributed by atoms with Crippen molar-refractivity contribution in [2.24, 2.45) is 0 Å². The minimum atomic E-state index is 0.000614. The molecule has 1 aliphatic heterocycles. The van der Waals surface area contributed by atoms with Crippen LogP contribution in [-0.4, -0.2) is 0 Å². The molecule has 164 valence electrons. The molecule has 0 radical (unpaired) electrons. The highest BCUT2D eigenvalue weighted by atomic mass is 79.9. The Morgan fingerprint density at radius 3 is 2.30 bits per heavy atom. The third-order valence-corrected chi connectivity index (χ3v) is 7.40. The molecule has 2 atom stereocenters. The van der Waals surface area contributed by atoms with Crippen molar-refractivity contribution in [3.63, 3.8) is 0 Å². The molecule has 3 heteroatoms. The van der Waals surface area contributed by atoms with Crippen LogP contribution in [0.15, 0.2) is 95.5 Å². The van der Waals surface area contributed by atoms with E-state index in [1.807, 2.05) is 18.2 Å². The van der Waals surface area contributed by atoms with Gasteiger partial charge in [-0.2, -0.15) is 0 Å². The van der Waals surface area contributed by atoms with Gasteiger partial charge in [0.25, 0.3) is 0 Å². The van der Waals surface area contributed by atoms with Crippen LogP contribution in [0.5, 0.6) is 5.75 Å². The molecular weight excluding hydrogens is 472 g/mol. The SMILES string of the molecule is Brc1ccc(C2c3ccc(OCc4ccccc4)cc3COC2c2ccc3c(c2)CC3)cc1. The fraction of sp³-hybridized carbons (Fsp3) is 0.200. The topological polar surface area (TPSA) is 18.5 Å². The molecular formula is C30H25BrO2. The maximum atomic E-state index is 6.56. The van der Waals surface area contributed by atoms with Gasteiger partial charge in [0.05, 0.1) is 12.7 Å². The summed E-state index contributed by atoms with van der Waals surface area (Å²) in [5.41, 5.74) is 9.19. The standard InChI is InChI=1S/C30H25BrO2/c31-26-12-10-22(11-13-26)29-28-15-14-27(32-18-20-4-2-1-3-5-20)17-25(28)19-33-30(29)24-9-7-21-6-8-23(21)16-24/h1-5,7,9-17,29-30H,6,8,18-19H2. The Labute approximate surface area is 203 Å². The molecule has 0 bridgehead atoms. The van der Waals surface area contributed by atoms with E-state index in [2.05, 4.69) is 88.7 Å². The quantitative estimate of drug-likeness (QED) is 0.284. The van der Waals surface area contributed by atoms with Crippen molar-refractivity contribution in [2.75, 3.05) is 0 Å². The Morgan fingerprint density at radius 2 is 1.55 bits per heavy atom. The predicted molar refractivity (Wildman–Crippen MR) is 135 cm³/mol. The number of halogens is 1. The summed E-state index contributed by atoms with van der Waals surface area (Å²) < 4.78 is 13.7. The molecule has 4 aromatic carbocycles. The molecule has 2 nitrogen and oxygen atoms in total. The van der Waals surface area contributed by atoms with Gasteiger partial charge in [0.2, 0.25) is 0 Å². The fourth-order valence-electron chi connectivity index (χ4n) is 4.99.